The van der Waals surface area contributed by atoms with Crippen LogP contribution in [-0.4, -0.2) is 27.3 Å². The summed E-state index contributed by atoms with van der Waals surface area (Å²) >= 11 is 1.39. The van der Waals surface area contributed by atoms with Gasteiger partial charge in [0.15, 0.2) is 5.16 Å². The Kier molecular flexibility index (Phi) is 7.26. The Hall–Kier alpha value is -2.67. The quantitative estimate of drug-likeness (QED) is 0.325. The zero-order chi connectivity index (χ0) is 21.7. The predicted octanol–water partition coefficient (Wildman–Crippen LogP) is 4.56. The third-order valence-electron chi connectivity index (χ3n) is 4.98. The van der Waals surface area contributed by atoms with E-state index in [0.29, 0.717) is 46.3 Å². The second kappa shape index (κ2) is 9.89. The van der Waals surface area contributed by atoms with Gasteiger partial charge in [0.1, 0.15) is 5.82 Å². The molecule has 1 amide bonds. The molecule has 0 saturated carbocycles. The van der Waals surface area contributed by atoms with Gasteiger partial charge in [-0.3, -0.25) is 14.2 Å². The van der Waals surface area contributed by atoms with Crippen molar-refractivity contribution in [2.24, 2.45) is 5.92 Å². The molecule has 1 N–H and O–H groups in total. The fourth-order valence-corrected chi connectivity index (χ4v) is 3.89. The minimum Gasteiger partial charge on any atom is -0.353 e. The van der Waals surface area contributed by atoms with E-state index in [1.54, 1.807) is 30.3 Å². The van der Waals surface area contributed by atoms with E-state index in [0.717, 1.165) is 0 Å². The molecule has 0 aliphatic carbocycles. The molecule has 5 nitrogen and oxygen atoms in total. The molecule has 0 fully saturated rings. The highest BCUT2D eigenvalue weighted by Crippen LogP contribution is 2.22. The summed E-state index contributed by atoms with van der Waals surface area (Å²) in [6.07, 6.45) is 1.05. The van der Waals surface area contributed by atoms with Gasteiger partial charge in [0.05, 0.1) is 16.6 Å². The fraction of sp³-hybridized carbons (Fsp3) is 0.348. The van der Waals surface area contributed by atoms with Gasteiger partial charge >= 0.3 is 0 Å². The number of hydrogen-bond acceptors (Lipinski definition) is 4. The Morgan fingerprint density at radius 3 is 2.67 bits per heavy atom. The third kappa shape index (κ3) is 5.27. The number of nitrogens with one attached hydrogen (secondary N) is 1. The van der Waals surface area contributed by atoms with Crippen molar-refractivity contribution in [2.75, 3.05) is 5.75 Å². The summed E-state index contributed by atoms with van der Waals surface area (Å²) in [6, 6.07) is 13.2. The summed E-state index contributed by atoms with van der Waals surface area (Å²) in [4.78, 5) is 29.8. The van der Waals surface area contributed by atoms with Gasteiger partial charge in [-0.15, -0.1) is 0 Å². The summed E-state index contributed by atoms with van der Waals surface area (Å²) in [5.41, 5.74) is 0.794. The summed E-state index contributed by atoms with van der Waals surface area (Å²) < 4.78 is 15.2. The standard InChI is InChI=1S/C23H26FN3O2S/c1-15(2)16(3)25-21(28)12-7-13-30-23-26-20-11-5-4-10-19(20)22(29)27(23)18-9-6-8-17(24)14-18/h4-6,8-11,14-16H,7,12-13H2,1-3H3,(H,25,28). The lowest BCUT2D eigenvalue weighted by molar-refractivity contribution is -0.121. The topological polar surface area (TPSA) is 64.0 Å². The Morgan fingerprint density at radius 2 is 1.93 bits per heavy atom. The van der Waals surface area contributed by atoms with E-state index in [4.69, 9.17) is 0 Å². The molecule has 3 aromatic rings. The van der Waals surface area contributed by atoms with Crippen molar-refractivity contribution in [3.05, 3.63) is 64.7 Å². The van der Waals surface area contributed by atoms with E-state index in [9.17, 15) is 14.0 Å². The first kappa shape index (κ1) is 22.0. The Labute approximate surface area is 179 Å². The van der Waals surface area contributed by atoms with E-state index in [1.165, 1.54) is 28.5 Å². The normalized spacial score (nSPS) is 12.3. The molecule has 0 bridgehead atoms. The average Bonchev–Trinajstić information content (AvgIpc) is 2.71. The van der Waals surface area contributed by atoms with Crippen LogP contribution >= 0.6 is 11.8 Å². The van der Waals surface area contributed by atoms with Gasteiger partial charge < -0.3 is 5.32 Å². The van der Waals surface area contributed by atoms with Crippen LogP contribution in [0.15, 0.2) is 58.5 Å². The number of hydrogen-bond donors (Lipinski definition) is 1. The van der Waals surface area contributed by atoms with Crippen molar-refractivity contribution in [1.29, 1.82) is 0 Å². The summed E-state index contributed by atoms with van der Waals surface area (Å²) in [6.45, 7) is 6.13. The van der Waals surface area contributed by atoms with Crippen molar-refractivity contribution in [2.45, 2.75) is 44.8 Å². The van der Waals surface area contributed by atoms with E-state index in [2.05, 4.69) is 24.1 Å². The molecule has 1 unspecified atom stereocenters. The maximum atomic E-state index is 13.8. The molecule has 0 spiro atoms. The number of rotatable bonds is 8. The second-order valence-electron chi connectivity index (χ2n) is 7.58. The van der Waals surface area contributed by atoms with Crippen LogP contribution < -0.4 is 10.9 Å². The van der Waals surface area contributed by atoms with Crippen molar-refractivity contribution in [3.63, 3.8) is 0 Å². The molecule has 7 heteroatoms. The van der Waals surface area contributed by atoms with Gasteiger partial charge in [-0.2, -0.15) is 0 Å². The lowest BCUT2D eigenvalue weighted by Crippen LogP contribution is -2.35. The average molecular weight is 428 g/mol. The molecule has 1 atom stereocenters. The number of halogens is 1. The molecule has 0 saturated heterocycles. The lowest BCUT2D eigenvalue weighted by atomic mass is 10.1. The number of amides is 1. The van der Waals surface area contributed by atoms with Gasteiger partial charge in [0, 0.05) is 18.2 Å². The number of aromatic nitrogens is 2. The molecule has 1 heterocycles. The van der Waals surface area contributed by atoms with Crippen LogP contribution in [0, 0.1) is 11.7 Å². The van der Waals surface area contributed by atoms with E-state index in [1.807, 2.05) is 13.0 Å². The minimum absolute atomic E-state index is 0.0193. The highest BCUT2D eigenvalue weighted by molar-refractivity contribution is 7.99. The largest absolute Gasteiger partial charge is 0.353 e. The minimum atomic E-state index is -0.417. The number of thioether (sulfide) groups is 1. The second-order valence-corrected chi connectivity index (χ2v) is 8.65. The predicted molar refractivity (Wildman–Crippen MR) is 120 cm³/mol. The maximum absolute atomic E-state index is 13.8. The first-order valence-electron chi connectivity index (χ1n) is 10.1. The zero-order valence-corrected chi connectivity index (χ0v) is 18.2. The van der Waals surface area contributed by atoms with Crippen LogP contribution in [0.2, 0.25) is 0 Å². The highest BCUT2D eigenvalue weighted by Gasteiger charge is 2.15. The summed E-state index contributed by atoms with van der Waals surface area (Å²) in [5, 5.41) is 3.96. The van der Waals surface area contributed by atoms with Gasteiger partial charge in [0.25, 0.3) is 5.56 Å². The summed E-state index contributed by atoms with van der Waals surface area (Å²) in [5.74, 6) is 0.597. The fourth-order valence-electron chi connectivity index (χ4n) is 2.94. The molecular weight excluding hydrogens is 401 g/mol. The van der Waals surface area contributed by atoms with Gasteiger partial charge in [-0.25, -0.2) is 9.37 Å². The Balaban J connectivity index is 1.80. The van der Waals surface area contributed by atoms with Crippen molar-refractivity contribution >= 4 is 28.6 Å². The van der Waals surface area contributed by atoms with Crippen LogP contribution in [0.3, 0.4) is 0 Å². The van der Waals surface area contributed by atoms with Crippen molar-refractivity contribution in [3.8, 4) is 5.69 Å². The summed E-state index contributed by atoms with van der Waals surface area (Å²) in [7, 11) is 0. The maximum Gasteiger partial charge on any atom is 0.266 e. The number of nitrogens with zero attached hydrogens (tertiary/aromatic N) is 2. The first-order chi connectivity index (χ1) is 14.4. The van der Waals surface area contributed by atoms with Gasteiger partial charge in [-0.1, -0.05) is 43.8 Å². The molecule has 158 valence electrons. The number of benzene rings is 2. The number of carbonyl (C=O) groups is 1. The molecule has 0 radical (unpaired) electrons. The molecule has 30 heavy (non-hydrogen) atoms. The van der Waals surface area contributed by atoms with E-state index < -0.39 is 5.82 Å². The molecule has 2 aromatic carbocycles. The molecule has 0 aliphatic rings. The van der Waals surface area contributed by atoms with Gasteiger partial charge in [0.2, 0.25) is 5.91 Å². The highest BCUT2D eigenvalue weighted by atomic mass is 32.2. The number of carbonyl (C=O) groups excluding carboxylic acids is 1. The van der Waals surface area contributed by atoms with Gasteiger partial charge in [-0.05, 0) is 49.6 Å². The first-order valence-corrected chi connectivity index (χ1v) is 11.0. The van der Waals surface area contributed by atoms with Crippen LogP contribution in [0.1, 0.15) is 33.6 Å². The molecule has 3 rings (SSSR count). The van der Waals surface area contributed by atoms with Crippen LogP contribution in [-0.2, 0) is 4.79 Å². The van der Waals surface area contributed by atoms with Crippen LogP contribution in [0.4, 0.5) is 4.39 Å². The molecule has 1 aromatic heterocycles. The lowest BCUT2D eigenvalue weighted by Gasteiger charge is -2.17. The van der Waals surface area contributed by atoms with Crippen molar-refractivity contribution < 1.29 is 9.18 Å². The number of para-hydroxylation sites is 1. The smallest absolute Gasteiger partial charge is 0.266 e. The van der Waals surface area contributed by atoms with Crippen LogP contribution in [0.25, 0.3) is 16.6 Å². The Morgan fingerprint density at radius 1 is 1.17 bits per heavy atom. The van der Waals surface area contributed by atoms with Crippen LogP contribution in [0.5, 0.6) is 0 Å². The molecular formula is C23H26FN3O2S. The molecule has 0 aliphatic heterocycles. The number of fused-ring (bicyclic) bond motifs is 1. The SMILES string of the molecule is CC(C)C(C)NC(=O)CCCSc1nc2ccccc2c(=O)n1-c1cccc(F)c1. The Bertz CT molecular complexity index is 1100. The zero-order valence-electron chi connectivity index (χ0n) is 17.4. The van der Waals surface area contributed by atoms with E-state index >= 15 is 0 Å². The van der Waals surface area contributed by atoms with E-state index in [-0.39, 0.29) is 17.5 Å². The monoisotopic (exact) mass is 427 g/mol. The third-order valence-corrected chi connectivity index (χ3v) is 6.00. The van der Waals surface area contributed by atoms with Crippen molar-refractivity contribution in [1.82, 2.24) is 14.9 Å².